The lowest BCUT2D eigenvalue weighted by molar-refractivity contribution is 0.0962. The first-order valence-corrected chi connectivity index (χ1v) is 12.0. The topological polar surface area (TPSA) is 133 Å². The van der Waals surface area contributed by atoms with Crippen LogP contribution in [0.25, 0.3) is 22.2 Å². The van der Waals surface area contributed by atoms with Crippen LogP contribution in [0.4, 0.5) is 11.6 Å². The molecule has 3 aromatic heterocycles. The molecule has 1 unspecified atom stereocenters. The molecule has 0 spiro atoms. The summed E-state index contributed by atoms with van der Waals surface area (Å²) in [4.78, 5) is 29.0. The number of aromatic nitrogens is 4. The van der Waals surface area contributed by atoms with Crippen molar-refractivity contribution in [3.05, 3.63) is 48.3 Å². The molecule has 0 radical (unpaired) electrons. The van der Waals surface area contributed by atoms with Crippen molar-refractivity contribution in [3.8, 4) is 28.6 Å². The number of pyridine rings is 1. The number of rotatable bonds is 9. The van der Waals surface area contributed by atoms with E-state index in [0.717, 1.165) is 22.9 Å². The lowest BCUT2D eigenvalue weighted by Crippen LogP contribution is -2.18. The standard InChI is InChI=1S/C26H28N6O5/c1-4-36-21-8-6-16(12-28-21)18-13-29-23-22(18)25(37-17-9-10-35-14-17)32-26(31-23)30-19-7-5-15(24(33)27-2)11-20(19)34-3/h5-8,11-13,17H,4,9-10,14H2,1-3H3,(H,27,33)(H2,29,30,31,32). The zero-order valence-corrected chi connectivity index (χ0v) is 20.8. The minimum absolute atomic E-state index is 0.117. The molecular formula is C26H28N6O5. The number of ether oxygens (including phenoxy) is 4. The van der Waals surface area contributed by atoms with Gasteiger partial charge < -0.3 is 34.6 Å². The number of methoxy groups -OCH3 is 1. The number of nitrogens with one attached hydrogen (secondary N) is 3. The Hall–Kier alpha value is -4.38. The predicted molar refractivity (Wildman–Crippen MR) is 138 cm³/mol. The quantitative estimate of drug-likeness (QED) is 0.312. The van der Waals surface area contributed by atoms with Crippen molar-refractivity contribution in [1.29, 1.82) is 0 Å². The van der Waals surface area contributed by atoms with Crippen LogP contribution in [0.5, 0.6) is 17.5 Å². The Bertz CT molecular complexity index is 1400. The highest BCUT2D eigenvalue weighted by atomic mass is 16.5. The van der Waals surface area contributed by atoms with Gasteiger partial charge in [0.05, 0.1) is 38.0 Å². The number of amides is 1. The summed E-state index contributed by atoms with van der Waals surface area (Å²) in [6.07, 6.45) is 4.26. The van der Waals surface area contributed by atoms with E-state index in [1.54, 1.807) is 31.4 Å². The lowest BCUT2D eigenvalue weighted by atomic mass is 10.1. The second-order valence-electron chi connectivity index (χ2n) is 8.32. The first-order chi connectivity index (χ1) is 18.1. The summed E-state index contributed by atoms with van der Waals surface area (Å²) in [6.45, 7) is 3.60. The van der Waals surface area contributed by atoms with Crippen molar-refractivity contribution in [2.45, 2.75) is 19.4 Å². The van der Waals surface area contributed by atoms with E-state index in [-0.39, 0.29) is 12.0 Å². The van der Waals surface area contributed by atoms with Crippen LogP contribution in [0.15, 0.2) is 42.7 Å². The second kappa shape index (κ2) is 10.7. The van der Waals surface area contributed by atoms with E-state index in [4.69, 9.17) is 23.9 Å². The van der Waals surface area contributed by atoms with Crippen LogP contribution < -0.4 is 24.8 Å². The Kier molecular flexibility index (Phi) is 7.04. The van der Waals surface area contributed by atoms with E-state index >= 15 is 0 Å². The van der Waals surface area contributed by atoms with E-state index in [1.165, 1.54) is 7.11 Å². The van der Waals surface area contributed by atoms with E-state index in [0.29, 0.717) is 60.2 Å². The first-order valence-electron chi connectivity index (χ1n) is 12.0. The van der Waals surface area contributed by atoms with Crippen LogP contribution in [0.1, 0.15) is 23.7 Å². The SMILES string of the molecule is CCOc1ccc(-c2c[nH]c3nc(Nc4ccc(C(=O)NC)cc4OC)nc(OC4CCOC4)c23)cn1. The third-order valence-corrected chi connectivity index (χ3v) is 5.94. The average Bonchev–Trinajstić information content (AvgIpc) is 3.59. The van der Waals surface area contributed by atoms with Gasteiger partial charge in [-0.1, -0.05) is 0 Å². The molecule has 0 bridgehead atoms. The minimum Gasteiger partial charge on any atom is -0.495 e. The van der Waals surface area contributed by atoms with Gasteiger partial charge in [-0.15, -0.1) is 0 Å². The number of anilines is 2. The number of nitrogens with zero attached hydrogens (tertiary/aromatic N) is 3. The monoisotopic (exact) mass is 504 g/mol. The zero-order valence-electron chi connectivity index (χ0n) is 20.8. The number of hydrogen-bond acceptors (Lipinski definition) is 9. The van der Waals surface area contributed by atoms with E-state index in [1.807, 2.05) is 25.3 Å². The first kappa shape index (κ1) is 24.3. The second-order valence-corrected chi connectivity index (χ2v) is 8.32. The molecule has 0 saturated carbocycles. The molecule has 4 heterocycles. The lowest BCUT2D eigenvalue weighted by Gasteiger charge is -2.15. The van der Waals surface area contributed by atoms with Gasteiger partial charge in [-0.05, 0) is 31.2 Å². The van der Waals surface area contributed by atoms with E-state index in [2.05, 4.69) is 25.6 Å². The van der Waals surface area contributed by atoms with Gasteiger partial charge in [0, 0.05) is 48.6 Å². The summed E-state index contributed by atoms with van der Waals surface area (Å²) < 4.78 is 22.8. The van der Waals surface area contributed by atoms with Gasteiger partial charge in [-0.2, -0.15) is 9.97 Å². The third-order valence-electron chi connectivity index (χ3n) is 5.94. The normalized spacial score (nSPS) is 14.9. The molecule has 1 aliphatic rings. The van der Waals surface area contributed by atoms with Crippen molar-refractivity contribution in [3.63, 3.8) is 0 Å². The Balaban J connectivity index is 1.53. The third kappa shape index (κ3) is 5.12. The summed E-state index contributed by atoms with van der Waals surface area (Å²) >= 11 is 0. The Morgan fingerprint density at radius 1 is 1.24 bits per heavy atom. The highest BCUT2D eigenvalue weighted by Gasteiger charge is 2.23. The number of carbonyl (C=O) groups is 1. The fourth-order valence-corrected chi connectivity index (χ4v) is 4.11. The minimum atomic E-state index is -0.209. The number of H-pyrrole nitrogens is 1. The molecule has 1 saturated heterocycles. The fraction of sp³-hybridized carbons (Fsp3) is 0.308. The Morgan fingerprint density at radius 2 is 2.14 bits per heavy atom. The summed E-state index contributed by atoms with van der Waals surface area (Å²) in [5, 5.41) is 6.54. The van der Waals surface area contributed by atoms with Crippen molar-refractivity contribution in [1.82, 2.24) is 25.3 Å². The van der Waals surface area contributed by atoms with Gasteiger partial charge in [0.1, 0.15) is 17.5 Å². The maximum absolute atomic E-state index is 12.0. The molecular weight excluding hydrogens is 476 g/mol. The van der Waals surface area contributed by atoms with Crippen LogP contribution in [0, 0.1) is 0 Å². The summed E-state index contributed by atoms with van der Waals surface area (Å²) in [7, 11) is 3.11. The van der Waals surface area contributed by atoms with E-state index < -0.39 is 0 Å². The van der Waals surface area contributed by atoms with Gasteiger partial charge in [-0.25, -0.2) is 4.98 Å². The molecule has 11 nitrogen and oxygen atoms in total. The van der Waals surface area contributed by atoms with Crippen LogP contribution in [0.3, 0.4) is 0 Å². The van der Waals surface area contributed by atoms with E-state index in [9.17, 15) is 4.79 Å². The highest BCUT2D eigenvalue weighted by molar-refractivity contribution is 5.98. The van der Waals surface area contributed by atoms with Gasteiger partial charge in [0.15, 0.2) is 0 Å². The fourth-order valence-electron chi connectivity index (χ4n) is 4.11. The Morgan fingerprint density at radius 3 is 2.84 bits per heavy atom. The molecule has 3 N–H and O–H groups in total. The number of benzene rings is 1. The summed E-state index contributed by atoms with van der Waals surface area (Å²) in [6, 6.07) is 8.86. The maximum Gasteiger partial charge on any atom is 0.251 e. The van der Waals surface area contributed by atoms with Crippen molar-refractivity contribution >= 4 is 28.6 Å². The van der Waals surface area contributed by atoms with Gasteiger partial charge in [0.2, 0.25) is 17.7 Å². The number of hydrogen-bond donors (Lipinski definition) is 3. The highest BCUT2D eigenvalue weighted by Crippen LogP contribution is 2.36. The molecule has 1 fully saturated rings. The molecule has 1 aliphatic heterocycles. The molecule has 5 rings (SSSR count). The largest absolute Gasteiger partial charge is 0.495 e. The van der Waals surface area contributed by atoms with Gasteiger partial charge in [-0.3, -0.25) is 4.79 Å². The molecule has 1 atom stereocenters. The van der Waals surface area contributed by atoms with Crippen LogP contribution in [-0.4, -0.2) is 65.9 Å². The maximum atomic E-state index is 12.0. The van der Waals surface area contributed by atoms with Crippen LogP contribution in [-0.2, 0) is 4.74 Å². The smallest absolute Gasteiger partial charge is 0.251 e. The van der Waals surface area contributed by atoms with Crippen molar-refractivity contribution < 1.29 is 23.7 Å². The number of carbonyl (C=O) groups excluding carboxylic acids is 1. The molecule has 37 heavy (non-hydrogen) atoms. The van der Waals surface area contributed by atoms with Crippen molar-refractivity contribution in [2.75, 3.05) is 39.3 Å². The molecule has 4 aromatic rings. The average molecular weight is 505 g/mol. The number of fused-ring (bicyclic) bond motifs is 1. The van der Waals surface area contributed by atoms with Crippen molar-refractivity contribution in [2.24, 2.45) is 0 Å². The Labute approximate surface area is 213 Å². The van der Waals surface area contributed by atoms with Gasteiger partial charge >= 0.3 is 0 Å². The zero-order chi connectivity index (χ0) is 25.8. The van der Waals surface area contributed by atoms with Crippen LogP contribution in [0.2, 0.25) is 0 Å². The molecule has 11 heteroatoms. The summed E-state index contributed by atoms with van der Waals surface area (Å²) in [5.41, 5.74) is 3.41. The van der Waals surface area contributed by atoms with Crippen LogP contribution >= 0.6 is 0 Å². The molecule has 0 aliphatic carbocycles. The molecule has 1 amide bonds. The number of aromatic amines is 1. The van der Waals surface area contributed by atoms with Gasteiger partial charge in [0.25, 0.3) is 5.91 Å². The molecule has 192 valence electrons. The molecule has 1 aromatic carbocycles. The predicted octanol–water partition coefficient (Wildman–Crippen LogP) is 3.70. The summed E-state index contributed by atoms with van der Waals surface area (Å²) in [5.74, 6) is 1.56.